The molecule has 2 aromatic rings. The van der Waals surface area contributed by atoms with Crippen LogP contribution < -0.4 is 4.74 Å². The lowest BCUT2D eigenvalue weighted by Gasteiger charge is -2.10. The van der Waals surface area contributed by atoms with Crippen molar-refractivity contribution >= 4 is 23.2 Å². The summed E-state index contributed by atoms with van der Waals surface area (Å²) in [6.07, 6.45) is -4.70. The summed E-state index contributed by atoms with van der Waals surface area (Å²) in [7, 11) is 0. The van der Waals surface area contributed by atoms with Crippen molar-refractivity contribution < 1.29 is 17.9 Å². The number of alkyl halides is 3. The van der Waals surface area contributed by atoms with Crippen LogP contribution in [-0.4, -0.2) is 6.36 Å². The molecule has 0 aliphatic carbocycles. The Labute approximate surface area is 117 Å². The van der Waals surface area contributed by atoms with Gasteiger partial charge in [-0.25, -0.2) is 0 Å². The fraction of sp³-hybridized carbons (Fsp3) is 0.0769. The monoisotopic (exact) mass is 306 g/mol. The number of benzene rings is 2. The van der Waals surface area contributed by atoms with Crippen LogP contribution in [-0.2, 0) is 0 Å². The molecule has 100 valence electrons. The molecule has 0 radical (unpaired) electrons. The van der Waals surface area contributed by atoms with Crippen LogP contribution in [0.5, 0.6) is 5.75 Å². The van der Waals surface area contributed by atoms with Gasteiger partial charge >= 0.3 is 6.36 Å². The molecule has 0 amide bonds. The van der Waals surface area contributed by atoms with Crippen molar-refractivity contribution in [3.8, 4) is 16.9 Å². The molecule has 19 heavy (non-hydrogen) atoms. The predicted octanol–water partition coefficient (Wildman–Crippen LogP) is 5.56. The summed E-state index contributed by atoms with van der Waals surface area (Å²) in [5.41, 5.74) is 1.30. The number of rotatable bonds is 2. The summed E-state index contributed by atoms with van der Waals surface area (Å²) in [5, 5.41) is 0.962. The Bertz CT molecular complexity index is 579. The third kappa shape index (κ3) is 3.78. The zero-order chi connectivity index (χ0) is 14.0. The topological polar surface area (TPSA) is 9.23 Å². The molecule has 0 bridgehead atoms. The summed E-state index contributed by atoms with van der Waals surface area (Å²) in [6, 6.07) is 10.3. The average molecular weight is 307 g/mol. The highest BCUT2D eigenvalue weighted by Crippen LogP contribution is 2.32. The van der Waals surface area contributed by atoms with Crippen molar-refractivity contribution in [3.05, 3.63) is 52.5 Å². The molecule has 0 aromatic heterocycles. The molecule has 0 heterocycles. The van der Waals surface area contributed by atoms with E-state index in [1.165, 1.54) is 24.3 Å². The van der Waals surface area contributed by atoms with Crippen LogP contribution in [0.1, 0.15) is 0 Å². The summed E-state index contributed by atoms with van der Waals surface area (Å²) in [5.74, 6) is -0.283. The van der Waals surface area contributed by atoms with Crippen molar-refractivity contribution in [2.24, 2.45) is 0 Å². The molecule has 0 unspecified atom stereocenters. The first-order chi connectivity index (χ1) is 8.85. The van der Waals surface area contributed by atoms with Crippen molar-refractivity contribution in [1.29, 1.82) is 0 Å². The second-order valence-electron chi connectivity index (χ2n) is 3.70. The molecular weight excluding hydrogens is 300 g/mol. The highest BCUT2D eigenvalue weighted by atomic mass is 35.5. The highest BCUT2D eigenvalue weighted by molar-refractivity contribution is 6.35. The molecule has 0 spiro atoms. The van der Waals surface area contributed by atoms with Crippen LogP contribution in [0.25, 0.3) is 11.1 Å². The quantitative estimate of drug-likeness (QED) is 0.706. The molecule has 0 N–H and O–H groups in total. The van der Waals surface area contributed by atoms with Gasteiger partial charge in [0.2, 0.25) is 0 Å². The molecule has 1 nitrogen and oxygen atoms in total. The third-order valence-electron chi connectivity index (χ3n) is 2.33. The first-order valence-electron chi connectivity index (χ1n) is 5.16. The largest absolute Gasteiger partial charge is 0.573 e. The van der Waals surface area contributed by atoms with Crippen molar-refractivity contribution in [1.82, 2.24) is 0 Å². The van der Waals surface area contributed by atoms with Crippen LogP contribution in [0.3, 0.4) is 0 Å². The Kier molecular flexibility index (Phi) is 3.92. The molecular formula is C13H7Cl2F3O. The van der Waals surface area contributed by atoms with Crippen molar-refractivity contribution in [3.63, 3.8) is 0 Å². The number of ether oxygens (including phenoxy) is 1. The van der Waals surface area contributed by atoms with E-state index in [1.54, 1.807) is 18.2 Å². The van der Waals surface area contributed by atoms with Crippen LogP contribution >= 0.6 is 23.2 Å². The van der Waals surface area contributed by atoms with Gasteiger partial charge in [0, 0.05) is 15.6 Å². The van der Waals surface area contributed by atoms with Crippen LogP contribution in [0.2, 0.25) is 10.0 Å². The maximum Gasteiger partial charge on any atom is 0.573 e. The standard InChI is InChI=1S/C13H7Cl2F3O/c14-9-3-6-12(15)11(7-9)8-1-4-10(5-2-8)19-13(16,17)18/h1-7H. The third-order valence-corrected chi connectivity index (χ3v) is 2.89. The number of halogens is 5. The van der Waals surface area contributed by atoms with Crippen molar-refractivity contribution in [2.75, 3.05) is 0 Å². The second kappa shape index (κ2) is 5.31. The first kappa shape index (κ1) is 14.0. The Morgan fingerprint density at radius 1 is 0.895 bits per heavy atom. The fourth-order valence-electron chi connectivity index (χ4n) is 1.55. The van der Waals surface area contributed by atoms with Crippen LogP contribution in [0.15, 0.2) is 42.5 Å². The SMILES string of the molecule is FC(F)(F)Oc1ccc(-c2cc(Cl)ccc2Cl)cc1. The van der Waals surface area contributed by atoms with E-state index in [9.17, 15) is 13.2 Å². The minimum atomic E-state index is -4.70. The normalized spacial score (nSPS) is 11.4. The maximum absolute atomic E-state index is 12.0. The van der Waals surface area contributed by atoms with Gasteiger partial charge in [0.05, 0.1) is 0 Å². The summed E-state index contributed by atoms with van der Waals surface area (Å²) >= 11 is 11.9. The number of hydrogen-bond acceptors (Lipinski definition) is 1. The first-order valence-corrected chi connectivity index (χ1v) is 5.92. The molecule has 0 fully saturated rings. The van der Waals surface area contributed by atoms with Gasteiger partial charge < -0.3 is 4.74 Å². The highest BCUT2D eigenvalue weighted by Gasteiger charge is 2.30. The zero-order valence-corrected chi connectivity index (χ0v) is 10.9. The summed E-state index contributed by atoms with van der Waals surface area (Å²) < 4.78 is 39.9. The van der Waals surface area contributed by atoms with Gasteiger partial charge in [-0.15, -0.1) is 13.2 Å². The Balaban J connectivity index is 2.30. The summed E-state index contributed by atoms with van der Waals surface area (Å²) in [6.45, 7) is 0. The smallest absolute Gasteiger partial charge is 0.406 e. The molecule has 0 saturated carbocycles. The van der Waals surface area contributed by atoms with E-state index in [0.717, 1.165) is 0 Å². The zero-order valence-electron chi connectivity index (χ0n) is 9.34. The van der Waals surface area contributed by atoms with Gasteiger partial charge in [0.1, 0.15) is 5.75 Å². The molecule has 2 aromatic carbocycles. The van der Waals surface area contributed by atoms with Gasteiger partial charge in [-0.1, -0.05) is 35.3 Å². The lowest BCUT2D eigenvalue weighted by molar-refractivity contribution is -0.274. The summed E-state index contributed by atoms with van der Waals surface area (Å²) in [4.78, 5) is 0. The fourth-order valence-corrected chi connectivity index (χ4v) is 1.95. The molecule has 0 aliphatic rings. The Morgan fingerprint density at radius 3 is 2.11 bits per heavy atom. The molecule has 6 heteroatoms. The van der Waals surface area contributed by atoms with E-state index in [-0.39, 0.29) is 5.75 Å². The van der Waals surface area contributed by atoms with E-state index >= 15 is 0 Å². The van der Waals surface area contributed by atoms with E-state index in [2.05, 4.69) is 4.74 Å². The van der Waals surface area contributed by atoms with E-state index in [1.807, 2.05) is 0 Å². The average Bonchev–Trinajstić information content (AvgIpc) is 2.31. The van der Waals surface area contributed by atoms with Gasteiger partial charge in [0.25, 0.3) is 0 Å². The predicted molar refractivity (Wildman–Crippen MR) is 68.6 cm³/mol. The maximum atomic E-state index is 12.0. The lowest BCUT2D eigenvalue weighted by atomic mass is 10.1. The van der Waals surface area contributed by atoms with Gasteiger partial charge in [-0.2, -0.15) is 0 Å². The molecule has 2 rings (SSSR count). The van der Waals surface area contributed by atoms with Crippen LogP contribution in [0, 0.1) is 0 Å². The lowest BCUT2D eigenvalue weighted by Crippen LogP contribution is -2.16. The van der Waals surface area contributed by atoms with E-state index < -0.39 is 6.36 Å². The Morgan fingerprint density at radius 2 is 1.53 bits per heavy atom. The number of hydrogen-bond donors (Lipinski definition) is 0. The van der Waals surface area contributed by atoms with E-state index in [0.29, 0.717) is 21.2 Å². The minimum Gasteiger partial charge on any atom is -0.406 e. The molecule has 0 aliphatic heterocycles. The molecule has 0 saturated heterocycles. The second-order valence-corrected chi connectivity index (χ2v) is 4.54. The molecule has 0 atom stereocenters. The van der Waals surface area contributed by atoms with Crippen molar-refractivity contribution in [2.45, 2.75) is 6.36 Å². The van der Waals surface area contributed by atoms with Gasteiger partial charge in [-0.05, 0) is 35.9 Å². The van der Waals surface area contributed by atoms with Crippen LogP contribution in [0.4, 0.5) is 13.2 Å². The van der Waals surface area contributed by atoms with Gasteiger partial charge in [-0.3, -0.25) is 0 Å². The van der Waals surface area contributed by atoms with Gasteiger partial charge in [0.15, 0.2) is 0 Å². The minimum absolute atomic E-state index is 0.283. The Hall–Kier alpha value is -1.39. The van der Waals surface area contributed by atoms with E-state index in [4.69, 9.17) is 23.2 Å².